The molecule has 3 rings (SSSR count). The number of nitrogens with two attached hydrogens (primary N) is 1. The first-order valence-electron chi connectivity index (χ1n) is 5.74. The summed E-state index contributed by atoms with van der Waals surface area (Å²) in [6.07, 6.45) is 5.97. The van der Waals surface area contributed by atoms with Crippen molar-refractivity contribution in [3.63, 3.8) is 0 Å². The van der Waals surface area contributed by atoms with Crippen LogP contribution in [-0.2, 0) is 4.74 Å². The number of thioether (sulfide) groups is 1. The smallest absolute Gasteiger partial charge is 0.216 e. The Labute approximate surface area is 98.5 Å². The number of aromatic amines is 1. The van der Waals surface area contributed by atoms with E-state index in [2.05, 4.69) is 15.2 Å². The molecule has 0 amide bonds. The average molecular weight is 240 g/mol. The molecule has 1 saturated heterocycles. The van der Waals surface area contributed by atoms with Gasteiger partial charge in [0.05, 0.1) is 5.60 Å². The predicted molar refractivity (Wildman–Crippen MR) is 62.2 cm³/mol. The van der Waals surface area contributed by atoms with E-state index in [0.717, 1.165) is 24.6 Å². The van der Waals surface area contributed by atoms with E-state index < -0.39 is 0 Å². The second-order valence-electron chi connectivity index (χ2n) is 4.62. The molecule has 1 saturated carbocycles. The highest BCUT2D eigenvalue weighted by Gasteiger charge is 2.42. The molecule has 2 aliphatic rings. The zero-order chi connectivity index (χ0) is 11.0. The van der Waals surface area contributed by atoms with E-state index >= 15 is 0 Å². The lowest BCUT2D eigenvalue weighted by molar-refractivity contribution is -0.125. The van der Waals surface area contributed by atoms with Gasteiger partial charge in [0, 0.05) is 11.9 Å². The minimum Gasteiger partial charge on any atom is -0.375 e. The van der Waals surface area contributed by atoms with Crippen LogP contribution in [0, 0.1) is 0 Å². The number of hydrogen-bond acceptors (Lipinski definition) is 5. The Morgan fingerprint density at radius 3 is 3.00 bits per heavy atom. The molecule has 16 heavy (non-hydrogen) atoms. The third kappa shape index (κ3) is 1.91. The molecule has 2 heterocycles. The minimum atomic E-state index is 0.192. The van der Waals surface area contributed by atoms with Gasteiger partial charge in [-0.1, -0.05) is 11.8 Å². The Hall–Kier alpha value is -0.750. The van der Waals surface area contributed by atoms with Crippen molar-refractivity contribution >= 4 is 17.7 Å². The van der Waals surface area contributed by atoms with Crippen molar-refractivity contribution in [2.24, 2.45) is 0 Å². The molecular formula is C10H16N4OS. The fourth-order valence-corrected chi connectivity index (χ4v) is 3.61. The van der Waals surface area contributed by atoms with Gasteiger partial charge in [0.25, 0.3) is 0 Å². The number of nitrogen functional groups attached to an aromatic ring is 1. The van der Waals surface area contributed by atoms with Gasteiger partial charge in [-0.15, -0.1) is 5.10 Å². The van der Waals surface area contributed by atoms with Crippen LogP contribution >= 0.6 is 11.8 Å². The van der Waals surface area contributed by atoms with Crippen molar-refractivity contribution in [3.05, 3.63) is 0 Å². The van der Waals surface area contributed by atoms with E-state index in [1.54, 1.807) is 11.8 Å². The topological polar surface area (TPSA) is 76.8 Å². The van der Waals surface area contributed by atoms with Crippen LogP contribution in [0.5, 0.6) is 0 Å². The molecule has 0 radical (unpaired) electrons. The third-order valence-electron chi connectivity index (χ3n) is 3.47. The molecule has 1 aromatic heterocycles. The number of ether oxygens (including phenoxy) is 1. The SMILES string of the molecule is Nc1nc(SC2CCOC3(CCC3)C2)n[nH]1. The Bertz CT molecular complexity index is 377. The number of anilines is 1. The second kappa shape index (κ2) is 3.92. The highest BCUT2D eigenvalue weighted by molar-refractivity contribution is 7.99. The summed E-state index contributed by atoms with van der Waals surface area (Å²) in [7, 11) is 0. The first-order valence-corrected chi connectivity index (χ1v) is 6.62. The van der Waals surface area contributed by atoms with Crippen LogP contribution in [0.1, 0.15) is 32.1 Å². The molecule has 1 aromatic rings. The van der Waals surface area contributed by atoms with Crippen molar-refractivity contribution in [1.29, 1.82) is 0 Å². The van der Waals surface area contributed by atoms with E-state index in [4.69, 9.17) is 10.5 Å². The van der Waals surface area contributed by atoms with Gasteiger partial charge >= 0.3 is 0 Å². The summed E-state index contributed by atoms with van der Waals surface area (Å²) in [6, 6.07) is 0. The normalized spacial score (nSPS) is 27.9. The van der Waals surface area contributed by atoms with Crippen molar-refractivity contribution in [1.82, 2.24) is 15.2 Å². The molecule has 1 aliphatic heterocycles. The number of aromatic nitrogens is 3. The number of rotatable bonds is 2. The molecule has 1 atom stereocenters. The van der Waals surface area contributed by atoms with E-state index in [1.165, 1.54) is 19.3 Å². The lowest BCUT2D eigenvalue weighted by Gasteiger charge is -2.46. The van der Waals surface area contributed by atoms with Gasteiger partial charge in [0.1, 0.15) is 0 Å². The van der Waals surface area contributed by atoms with Crippen LogP contribution in [0.2, 0.25) is 0 Å². The lowest BCUT2D eigenvalue weighted by Crippen LogP contribution is -2.46. The maximum Gasteiger partial charge on any atom is 0.216 e. The maximum atomic E-state index is 5.89. The van der Waals surface area contributed by atoms with Crippen molar-refractivity contribution in [2.75, 3.05) is 12.3 Å². The Balaban J connectivity index is 1.62. The molecule has 1 aliphatic carbocycles. The van der Waals surface area contributed by atoms with Crippen molar-refractivity contribution < 1.29 is 4.74 Å². The van der Waals surface area contributed by atoms with Crippen LogP contribution in [0.4, 0.5) is 5.95 Å². The number of nitrogens with one attached hydrogen (secondary N) is 1. The molecule has 3 N–H and O–H groups in total. The summed E-state index contributed by atoms with van der Waals surface area (Å²) in [4.78, 5) is 4.13. The highest BCUT2D eigenvalue weighted by Crippen LogP contribution is 2.45. The van der Waals surface area contributed by atoms with Crippen molar-refractivity contribution in [3.8, 4) is 0 Å². The van der Waals surface area contributed by atoms with Crippen LogP contribution in [0.3, 0.4) is 0 Å². The summed E-state index contributed by atoms with van der Waals surface area (Å²) in [5, 5.41) is 8.07. The first kappa shape index (κ1) is 10.4. The molecule has 0 aromatic carbocycles. The van der Waals surface area contributed by atoms with Gasteiger partial charge in [0.15, 0.2) is 0 Å². The van der Waals surface area contributed by atoms with E-state index in [9.17, 15) is 0 Å². The van der Waals surface area contributed by atoms with E-state index in [1.807, 2.05) is 0 Å². The quantitative estimate of drug-likeness (QED) is 0.820. The van der Waals surface area contributed by atoms with E-state index in [0.29, 0.717) is 11.2 Å². The van der Waals surface area contributed by atoms with Gasteiger partial charge in [-0.2, -0.15) is 4.98 Å². The summed E-state index contributed by atoms with van der Waals surface area (Å²) >= 11 is 1.72. The van der Waals surface area contributed by atoms with E-state index in [-0.39, 0.29) is 5.60 Å². The second-order valence-corrected chi connectivity index (χ2v) is 5.89. The summed E-state index contributed by atoms with van der Waals surface area (Å²) in [5.74, 6) is 0.396. The Morgan fingerprint density at radius 2 is 2.38 bits per heavy atom. The molecular weight excluding hydrogens is 224 g/mol. The fraction of sp³-hybridized carbons (Fsp3) is 0.800. The molecule has 88 valence electrons. The molecule has 6 heteroatoms. The van der Waals surface area contributed by atoms with Crippen molar-refractivity contribution in [2.45, 2.75) is 48.1 Å². The third-order valence-corrected chi connectivity index (χ3v) is 4.60. The van der Waals surface area contributed by atoms with Gasteiger partial charge < -0.3 is 10.5 Å². The summed E-state index contributed by atoms with van der Waals surface area (Å²) in [6.45, 7) is 0.873. The van der Waals surface area contributed by atoms with Crippen LogP contribution in [0.15, 0.2) is 5.16 Å². The highest BCUT2D eigenvalue weighted by atomic mass is 32.2. The predicted octanol–water partition coefficient (Wildman–Crippen LogP) is 1.58. The number of H-pyrrole nitrogens is 1. The molecule has 1 spiro atoms. The average Bonchev–Trinajstić information content (AvgIpc) is 2.62. The Morgan fingerprint density at radius 1 is 1.50 bits per heavy atom. The summed E-state index contributed by atoms with van der Waals surface area (Å²) < 4.78 is 5.89. The zero-order valence-corrected chi connectivity index (χ0v) is 9.92. The number of hydrogen-bond donors (Lipinski definition) is 2. The fourth-order valence-electron chi connectivity index (χ4n) is 2.46. The molecule has 2 fully saturated rings. The van der Waals surface area contributed by atoms with Crippen LogP contribution < -0.4 is 5.73 Å². The van der Waals surface area contributed by atoms with Gasteiger partial charge in [-0.25, -0.2) is 5.10 Å². The van der Waals surface area contributed by atoms with Gasteiger partial charge in [-0.05, 0) is 32.1 Å². The van der Waals surface area contributed by atoms with Crippen LogP contribution in [0.25, 0.3) is 0 Å². The molecule has 5 nitrogen and oxygen atoms in total. The van der Waals surface area contributed by atoms with Gasteiger partial charge in [-0.3, -0.25) is 0 Å². The van der Waals surface area contributed by atoms with Gasteiger partial charge in [0.2, 0.25) is 11.1 Å². The molecule has 0 bridgehead atoms. The maximum absolute atomic E-state index is 5.89. The minimum absolute atomic E-state index is 0.192. The lowest BCUT2D eigenvalue weighted by atomic mass is 9.75. The van der Waals surface area contributed by atoms with Crippen LogP contribution in [-0.4, -0.2) is 32.6 Å². The number of nitrogens with zero attached hydrogens (tertiary/aromatic N) is 2. The Kier molecular flexibility index (Phi) is 2.55. The summed E-state index contributed by atoms with van der Waals surface area (Å²) in [5.41, 5.74) is 5.70. The largest absolute Gasteiger partial charge is 0.375 e. The monoisotopic (exact) mass is 240 g/mol. The standard InChI is InChI=1S/C10H16N4OS/c11-8-12-9(14-13-8)16-7-2-5-15-10(6-7)3-1-4-10/h7H,1-6H2,(H3,11,12,13,14). The molecule has 1 unspecified atom stereocenters. The zero-order valence-electron chi connectivity index (χ0n) is 9.11. The first-order chi connectivity index (χ1) is 7.76.